The first-order valence-electron chi connectivity index (χ1n) is 5.16. The summed E-state index contributed by atoms with van der Waals surface area (Å²) < 4.78 is 5.44. The van der Waals surface area contributed by atoms with Gasteiger partial charge in [-0.15, -0.1) is 0 Å². The predicted octanol–water partition coefficient (Wildman–Crippen LogP) is 2.51. The van der Waals surface area contributed by atoms with Crippen LogP contribution in [0.25, 0.3) is 11.0 Å². The molecule has 0 fully saturated rings. The van der Waals surface area contributed by atoms with Crippen LogP contribution < -0.4 is 11.1 Å². The zero-order chi connectivity index (χ0) is 10.8. The van der Waals surface area contributed by atoms with Crippen LogP contribution in [-0.2, 0) is 6.54 Å². The van der Waals surface area contributed by atoms with Crippen LogP contribution in [0.15, 0.2) is 28.9 Å². The maximum absolute atomic E-state index is 5.92. The largest absolute Gasteiger partial charge is 0.464 e. The van der Waals surface area contributed by atoms with Gasteiger partial charge in [0, 0.05) is 29.2 Å². The number of furan rings is 1. The summed E-state index contributed by atoms with van der Waals surface area (Å²) in [4.78, 5) is 0. The van der Waals surface area contributed by atoms with Crippen molar-refractivity contribution in [1.29, 1.82) is 0 Å². The highest BCUT2D eigenvalue weighted by Gasteiger charge is 2.08. The van der Waals surface area contributed by atoms with Crippen molar-refractivity contribution in [3.8, 4) is 0 Å². The van der Waals surface area contributed by atoms with Gasteiger partial charge < -0.3 is 15.5 Å². The Hall–Kier alpha value is -1.48. The average Bonchev–Trinajstić information content (AvgIpc) is 2.59. The molecule has 1 aromatic heterocycles. The zero-order valence-electron chi connectivity index (χ0n) is 9.08. The molecule has 15 heavy (non-hydrogen) atoms. The fourth-order valence-electron chi connectivity index (χ4n) is 1.63. The van der Waals surface area contributed by atoms with E-state index >= 15 is 0 Å². The Bertz CT molecular complexity index is 460. The molecule has 0 aliphatic rings. The Balaban J connectivity index is 2.35. The summed E-state index contributed by atoms with van der Waals surface area (Å²) in [6, 6.07) is 6.20. The predicted molar refractivity (Wildman–Crippen MR) is 62.6 cm³/mol. The molecule has 0 atom stereocenters. The number of fused-ring (bicyclic) bond motifs is 1. The SMILES string of the molecule is CC(C)NCc1coc2cccc(N)c12. The van der Waals surface area contributed by atoms with Gasteiger partial charge in [-0.3, -0.25) is 0 Å². The number of rotatable bonds is 3. The number of hydrogen-bond acceptors (Lipinski definition) is 3. The minimum absolute atomic E-state index is 0.458. The Morgan fingerprint density at radius 2 is 2.20 bits per heavy atom. The quantitative estimate of drug-likeness (QED) is 0.755. The van der Waals surface area contributed by atoms with Crippen LogP contribution in [0.4, 0.5) is 5.69 Å². The van der Waals surface area contributed by atoms with Gasteiger partial charge in [-0.25, -0.2) is 0 Å². The van der Waals surface area contributed by atoms with E-state index in [1.165, 1.54) is 0 Å². The van der Waals surface area contributed by atoms with Crippen molar-refractivity contribution >= 4 is 16.7 Å². The van der Waals surface area contributed by atoms with E-state index in [9.17, 15) is 0 Å². The second-order valence-corrected chi connectivity index (χ2v) is 4.02. The van der Waals surface area contributed by atoms with Gasteiger partial charge >= 0.3 is 0 Å². The lowest BCUT2D eigenvalue weighted by atomic mass is 10.1. The number of nitrogen functional groups attached to an aromatic ring is 1. The van der Waals surface area contributed by atoms with E-state index in [1.807, 2.05) is 18.2 Å². The molecule has 0 amide bonds. The zero-order valence-corrected chi connectivity index (χ0v) is 9.08. The minimum atomic E-state index is 0.458. The Morgan fingerprint density at radius 3 is 2.93 bits per heavy atom. The third-order valence-electron chi connectivity index (χ3n) is 2.41. The Kier molecular flexibility index (Phi) is 2.64. The van der Waals surface area contributed by atoms with Gasteiger partial charge in [-0.2, -0.15) is 0 Å². The molecule has 80 valence electrons. The van der Waals surface area contributed by atoms with E-state index in [2.05, 4.69) is 19.2 Å². The van der Waals surface area contributed by atoms with Crippen molar-refractivity contribution in [1.82, 2.24) is 5.32 Å². The number of hydrogen-bond donors (Lipinski definition) is 2. The standard InChI is InChI=1S/C12H16N2O/c1-8(2)14-6-9-7-15-11-5-3-4-10(13)12(9)11/h3-5,7-8,14H,6,13H2,1-2H3. The van der Waals surface area contributed by atoms with Crippen molar-refractivity contribution < 1.29 is 4.42 Å². The van der Waals surface area contributed by atoms with Crippen LogP contribution in [0.5, 0.6) is 0 Å². The molecule has 1 heterocycles. The van der Waals surface area contributed by atoms with E-state index in [1.54, 1.807) is 6.26 Å². The molecule has 0 saturated carbocycles. The normalized spacial score (nSPS) is 11.4. The molecular formula is C12H16N2O. The van der Waals surface area contributed by atoms with E-state index in [4.69, 9.17) is 10.2 Å². The van der Waals surface area contributed by atoms with Gasteiger partial charge in [-0.05, 0) is 12.1 Å². The summed E-state index contributed by atoms with van der Waals surface area (Å²) in [6.07, 6.45) is 1.77. The molecule has 0 spiro atoms. The highest BCUT2D eigenvalue weighted by atomic mass is 16.3. The Morgan fingerprint density at radius 1 is 1.40 bits per heavy atom. The fraction of sp³-hybridized carbons (Fsp3) is 0.333. The van der Waals surface area contributed by atoms with Crippen LogP contribution >= 0.6 is 0 Å². The number of nitrogens with one attached hydrogen (secondary N) is 1. The molecule has 0 bridgehead atoms. The topological polar surface area (TPSA) is 51.2 Å². The summed E-state index contributed by atoms with van der Waals surface area (Å²) in [5.41, 5.74) is 8.68. The first-order chi connectivity index (χ1) is 7.18. The summed E-state index contributed by atoms with van der Waals surface area (Å²) in [5.74, 6) is 0. The number of benzene rings is 1. The van der Waals surface area contributed by atoms with Crippen molar-refractivity contribution in [2.45, 2.75) is 26.4 Å². The van der Waals surface area contributed by atoms with E-state index in [-0.39, 0.29) is 0 Å². The van der Waals surface area contributed by atoms with Gasteiger partial charge in [0.1, 0.15) is 5.58 Å². The fourth-order valence-corrected chi connectivity index (χ4v) is 1.63. The molecule has 3 nitrogen and oxygen atoms in total. The summed E-state index contributed by atoms with van der Waals surface area (Å²) in [6.45, 7) is 5.02. The lowest BCUT2D eigenvalue weighted by Gasteiger charge is -2.06. The molecule has 0 saturated heterocycles. The van der Waals surface area contributed by atoms with E-state index < -0.39 is 0 Å². The summed E-state index contributed by atoms with van der Waals surface area (Å²) in [7, 11) is 0. The van der Waals surface area contributed by atoms with Crippen molar-refractivity contribution in [2.24, 2.45) is 0 Å². The maximum Gasteiger partial charge on any atom is 0.136 e. The van der Waals surface area contributed by atoms with Gasteiger partial charge in [0.25, 0.3) is 0 Å². The summed E-state index contributed by atoms with van der Waals surface area (Å²) >= 11 is 0. The monoisotopic (exact) mass is 204 g/mol. The lowest BCUT2D eigenvalue weighted by molar-refractivity contribution is 0.572. The molecule has 2 rings (SSSR count). The van der Waals surface area contributed by atoms with Crippen molar-refractivity contribution in [3.05, 3.63) is 30.0 Å². The molecular weight excluding hydrogens is 188 g/mol. The molecule has 0 unspecified atom stereocenters. The van der Waals surface area contributed by atoms with Gasteiger partial charge in [-0.1, -0.05) is 19.9 Å². The van der Waals surface area contributed by atoms with Crippen LogP contribution in [0, 0.1) is 0 Å². The smallest absolute Gasteiger partial charge is 0.136 e. The van der Waals surface area contributed by atoms with Gasteiger partial charge in [0.15, 0.2) is 0 Å². The van der Waals surface area contributed by atoms with Crippen molar-refractivity contribution in [2.75, 3.05) is 5.73 Å². The molecule has 1 aromatic carbocycles. The minimum Gasteiger partial charge on any atom is -0.464 e. The maximum atomic E-state index is 5.92. The second-order valence-electron chi connectivity index (χ2n) is 4.02. The average molecular weight is 204 g/mol. The van der Waals surface area contributed by atoms with Gasteiger partial charge in [0.2, 0.25) is 0 Å². The lowest BCUT2D eigenvalue weighted by Crippen LogP contribution is -2.21. The first-order valence-corrected chi connectivity index (χ1v) is 5.16. The third-order valence-corrected chi connectivity index (χ3v) is 2.41. The molecule has 3 heteroatoms. The van der Waals surface area contributed by atoms with Crippen molar-refractivity contribution in [3.63, 3.8) is 0 Å². The number of nitrogens with two attached hydrogens (primary N) is 1. The number of anilines is 1. The van der Waals surface area contributed by atoms with E-state index in [0.29, 0.717) is 6.04 Å². The first kappa shape index (κ1) is 10.1. The molecule has 0 aliphatic heterocycles. The third kappa shape index (κ3) is 1.97. The Labute approximate surface area is 89.3 Å². The molecule has 2 aromatic rings. The van der Waals surface area contributed by atoms with Crippen LogP contribution in [-0.4, -0.2) is 6.04 Å². The van der Waals surface area contributed by atoms with Gasteiger partial charge in [0.05, 0.1) is 6.26 Å². The van der Waals surface area contributed by atoms with E-state index in [0.717, 1.165) is 28.8 Å². The summed E-state index contributed by atoms with van der Waals surface area (Å²) in [5, 5.41) is 4.38. The highest BCUT2D eigenvalue weighted by molar-refractivity contribution is 5.92. The van der Waals surface area contributed by atoms with Crippen LogP contribution in [0.3, 0.4) is 0 Å². The molecule has 0 aliphatic carbocycles. The van der Waals surface area contributed by atoms with Crippen LogP contribution in [0.1, 0.15) is 19.4 Å². The highest BCUT2D eigenvalue weighted by Crippen LogP contribution is 2.26. The molecule has 0 radical (unpaired) electrons. The molecule has 3 N–H and O–H groups in total. The van der Waals surface area contributed by atoms with Crippen LogP contribution in [0.2, 0.25) is 0 Å². The second kappa shape index (κ2) is 3.95.